The normalized spacial score (nSPS) is 16.0. The number of nitrogens with one attached hydrogen (secondary N) is 1. The molecule has 3 nitrogen and oxygen atoms in total. The van der Waals surface area contributed by atoms with Crippen LogP contribution in [0.5, 0.6) is 5.75 Å². The van der Waals surface area contributed by atoms with Crippen molar-refractivity contribution in [1.82, 2.24) is 0 Å². The van der Waals surface area contributed by atoms with Gasteiger partial charge in [-0.15, -0.1) is 0 Å². The molecule has 0 bridgehead atoms. The standard InChI is InChI=1S/C16H21F2NO2/c17-16(18)21-14-9-5-4-8-13(14)19-15(20)11-10-12-6-2-1-3-7-12/h4-5,8-9,12,16H,1-3,6-7,10-11H2,(H,19,20). The third-order valence-electron chi connectivity index (χ3n) is 3.88. The largest absolute Gasteiger partial charge is 0.433 e. The number of alkyl halides is 2. The number of hydrogen-bond acceptors (Lipinski definition) is 2. The zero-order valence-electron chi connectivity index (χ0n) is 12.0. The highest BCUT2D eigenvalue weighted by atomic mass is 19.3. The van der Waals surface area contributed by atoms with E-state index in [0.717, 1.165) is 6.42 Å². The molecule has 1 aliphatic rings. The van der Waals surface area contributed by atoms with Crippen LogP contribution in [0, 0.1) is 5.92 Å². The maximum absolute atomic E-state index is 12.3. The first kappa shape index (κ1) is 15.7. The van der Waals surface area contributed by atoms with Gasteiger partial charge in [-0.05, 0) is 24.5 Å². The summed E-state index contributed by atoms with van der Waals surface area (Å²) in [5.41, 5.74) is 0.298. The lowest BCUT2D eigenvalue weighted by Crippen LogP contribution is -2.16. The molecule has 5 heteroatoms. The lowest BCUT2D eigenvalue weighted by Gasteiger charge is -2.21. The summed E-state index contributed by atoms with van der Waals surface area (Å²) in [6, 6.07) is 6.25. The Hall–Kier alpha value is -1.65. The van der Waals surface area contributed by atoms with Crippen LogP contribution in [-0.2, 0) is 4.79 Å². The summed E-state index contributed by atoms with van der Waals surface area (Å²) in [5.74, 6) is 0.474. The Morgan fingerprint density at radius 1 is 1.24 bits per heavy atom. The molecule has 1 aliphatic carbocycles. The minimum absolute atomic E-state index is 0.00137. The molecule has 21 heavy (non-hydrogen) atoms. The maximum Gasteiger partial charge on any atom is 0.387 e. The van der Waals surface area contributed by atoms with Crippen LogP contribution in [0.25, 0.3) is 0 Å². The highest BCUT2D eigenvalue weighted by molar-refractivity contribution is 5.92. The van der Waals surface area contributed by atoms with E-state index in [9.17, 15) is 13.6 Å². The predicted molar refractivity (Wildman–Crippen MR) is 77.5 cm³/mol. The predicted octanol–water partition coefficient (Wildman–Crippen LogP) is 4.59. The van der Waals surface area contributed by atoms with Crippen LogP contribution in [0.2, 0.25) is 0 Å². The molecular formula is C16H21F2NO2. The van der Waals surface area contributed by atoms with Crippen LogP contribution in [0.3, 0.4) is 0 Å². The molecule has 0 atom stereocenters. The molecule has 1 N–H and O–H groups in total. The quantitative estimate of drug-likeness (QED) is 0.834. The first-order valence-corrected chi connectivity index (χ1v) is 7.49. The van der Waals surface area contributed by atoms with Crippen molar-refractivity contribution in [2.45, 2.75) is 51.6 Å². The summed E-state index contributed by atoms with van der Waals surface area (Å²) in [6.07, 6.45) is 7.46. The Morgan fingerprint density at radius 2 is 1.95 bits per heavy atom. The zero-order valence-corrected chi connectivity index (χ0v) is 12.0. The topological polar surface area (TPSA) is 38.3 Å². The summed E-state index contributed by atoms with van der Waals surface area (Å²) in [5, 5.41) is 2.66. The molecule has 2 rings (SSSR count). The summed E-state index contributed by atoms with van der Waals surface area (Å²) in [7, 11) is 0. The summed E-state index contributed by atoms with van der Waals surface area (Å²) >= 11 is 0. The molecule has 1 aromatic rings. The molecule has 0 heterocycles. The van der Waals surface area contributed by atoms with Gasteiger partial charge in [0.05, 0.1) is 5.69 Å². The fraction of sp³-hybridized carbons (Fsp3) is 0.562. The number of amides is 1. The van der Waals surface area contributed by atoms with Gasteiger partial charge in [0.15, 0.2) is 0 Å². The van der Waals surface area contributed by atoms with E-state index in [-0.39, 0.29) is 11.7 Å². The van der Waals surface area contributed by atoms with E-state index in [1.54, 1.807) is 18.2 Å². The van der Waals surface area contributed by atoms with Crippen LogP contribution in [0.1, 0.15) is 44.9 Å². The van der Waals surface area contributed by atoms with Gasteiger partial charge in [0.2, 0.25) is 5.91 Å². The Kier molecular flexibility index (Phi) is 5.96. The summed E-state index contributed by atoms with van der Waals surface area (Å²) < 4.78 is 29.0. The minimum atomic E-state index is -2.90. The number of carbonyl (C=O) groups is 1. The van der Waals surface area contributed by atoms with Crippen LogP contribution >= 0.6 is 0 Å². The monoisotopic (exact) mass is 297 g/mol. The molecule has 1 aromatic carbocycles. The SMILES string of the molecule is O=C(CCC1CCCCC1)Nc1ccccc1OC(F)F. The van der Waals surface area contributed by atoms with Gasteiger partial charge in [0, 0.05) is 6.42 Å². The van der Waals surface area contributed by atoms with E-state index in [4.69, 9.17) is 0 Å². The molecule has 0 radical (unpaired) electrons. The van der Waals surface area contributed by atoms with E-state index in [0.29, 0.717) is 18.0 Å². The van der Waals surface area contributed by atoms with Gasteiger partial charge in [-0.3, -0.25) is 4.79 Å². The van der Waals surface area contributed by atoms with Gasteiger partial charge in [-0.1, -0.05) is 44.2 Å². The number of anilines is 1. The Balaban J connectivity index is 1.84. The highest BCUT2D eigenvalue weighted by Crippen LogP contribution is 2.28. The number of para-hydroxylation sites is 2. The van der Waals surface area contributed by atoms with Crippen molar-refractivity contribution >= 4 is 11.6 Å². The van der Waals surface area contributed by atoms with Crippen LogP contribution in [0.15, 0.2) is 24.3 Å². The molecule has 1 fully saturated rings. The van der Waals surface area contributed by atoms with E-state index in [1.165, 1.54) is 38.2 Å². The minimum Gasteiger partial charge on any atom is -0.433 e. The van der Waals surface area contributed by atoms with Crippen LogP contribution < -0.4 is 10.1 Å². The first-order valence-electron chi connectivity index (χ1n) is 7.49. The summed E-state index contributed by atoms with van der Waals surface area (Å²) in [6.45, 7) is -2.90. The van der Waals surface area contributed by atoms with Crippen molar-refractivity contribution in [3.05, 3.63) is 24.3 Å². The molecule has 116 valence electrons. The number of carbonyl (C=O) groups excluding carboxylic acids is 1. The molecule has 1 saturated carbocycles. The van der Waals surface area contributed by atoms with E-state index >= 15 is 0 Å². The first-order chi connectivity index (χ1) is 10.1. The molecule has 0 unspecified atom stereocenters. The fourth-order valence-electron chi connectivity index (χ4n) is 2.79. The molecule has 0 spiro atoms. The van der Waals surface area contributed by atoms with Gasteiger partial charge < -0.3 is 10.1 Å². The second kappa shape index (κ2) is 7.96. The van der Waals surface area contributed by atoms with E-state index < -0.39 is 6.61 Å². The van der Waals surface area contributed by atoms with Crippen LogP contribution in [0.4, 0.5) is 14.5 Å². The van der Waals surface area contributed by atoms with Gasteiger partial charge in [-0.2, -0.15) is 8.78 Å². The highest BCUT2D eigenvalue weighted by Gasteiger charge is 2.16. The van der Waals surface area contributed by atoms with Gasteiger partial charge in [-0.25, -0.2) is 0 Å². The van der Waals surface area contributed by atoms with Gasteiger partial charge in [0.1, 0.15) is 5.75 Å². The Bertz CT molecular complexity index is 459. The average Bonchev–Trinajstić information content (AvgIpc) is 2.48. The number of halogens is 2. The Labute approximate surface area is 123 Å². The maximum atomic E-state index is 12.3. The van der Waals surface area contributed by atoms with Crippen molar-refractivity contribution in [2.24, 2.45) is 5.92 Å². The van der Waals surface area contributed by atoms with Crippen LogP contribution in [-0.4, -0.2) is 12.5 Å². The van der Waals surface area contributed by atoms with Gasteiger partial charge in [0.25, 0.3) is 0 Å². The molecule has 0 aromatic heterocycles. The smallest absolute Gasteiger partial charge is 0.387 e. The van der Waals surface area contributed by atoms with Crippen molar-refractivity contribution < 1.29 is 18.3 Å². The molecule has 0 saturated heterocycles. The Morgan fingerprint density at radius 3 is 2.67 bits per heavy atom. The van der Waals surface area contributed by atoms with Crippen molar-refractivity contribution in [3.8, 4) is 5.75 Å². The second-order valence-electron chi connectivity index (χ2n) is 5.47. The third-order valence-corrected chi connectivity index (χ3v) is 3.88. The number of hydrogen-bond donors (Lipinski definition) is 1. The van der Waals surface area contributed by atoms with E-state index in [2.05, 4.69) is 10.1 Å². The van der Waals surface area contributed by atoms with Crippen molar-refractivity contribution in [3.63, 3.8) is 0 Å². The van der Waals surface area contributed by atoms with E-state index in [1.807, 2.05) is 0 Å². The lowest BCUT2D eigenvalue weighted by atomic mass is 9.86. The van der Waals surface area contributed by atoms with Crippen molar-refractivity contribution in [1.29, 1.82) is 0 Å². The number of benzene rings is 1. The average molecular weight is 297 g/mol. The molecular weight excluding hydrogens is 276 g/mol. The van der Waals surface area contributed by atoms with Crippen molar-refractivity contribution in [2.75, 3.05) is 5.32 Å². The number of ether oxygens (including phenoxy) is 1. The molecule has 1 amide bonds. The number of rotatable bonds is 6. The molecule has 0 aliphatic heterocycles. The third kappa shape index (κ3) is 5.33. The lowest BCUT2D eigenvalue weighted by molar-refractivity contribution is -0.116. The zero-order chi connectivity index (χ0) is 15.1. The van der Waals surface area contributed by atoms with Gasteiger partial charge >= 0.3 is 6.61 Å². The second-order valence-corrected chi connectivity index (χ2v) is 5.47. The summed E-state index contributed by atoms with van der Waals surface area (Å²) in [4.78, 5) is 11.9. The fourth-order valence-corrected chi connectivity index (χ4v) is 2.79.